The molecule has 0 saturated heterocycles. The van der Waals surface area contributed by atoms with E-state index in [9.17, 15) is 4.79 Å². The molecule has 1 aromatic carbocycles. The molecule has 0 saturated carbocycles. The van der Waals surface area contributed by atoms with Gasteiger partial charge in [0.25, 0.3) is 0 Å². The number of nitrogens with zero attached hydrogens (tertiary/aromatic N) is 2. The van der Waals surface area contributed by atoms with Crippen molar-refractivity contribution in [2.75, 3.05) is 17.9 Å². The van der Waals surface area contributed by atoms with Crippen molar-refractivity contribution >= 4 is 40.5 Å². The van der Waals surface area contributed by atoms with Gasteiger partial charge in [0, 0.05) is 7.11 Å². The Morgan fingerprint density at radius 2 is 2.05 bits per heavy atom. The number of hydrazone groups is 1. The van der Waals surface area contributed by atoms with Crippen LogP contribution in [0.2, 0.25) is 5.02 Å². The number of aliphatic hydroxyl groups is 1. The number of aldehydes is 1. The van der Waals surface area contributed by atoms with E-state index in [-0.39, 0.29) is 11.2 Å². The van der Waals surface area contributed by atoms with Crippen LogP contribution in [-0.4, -0.2) is 29.4 Å². The molecule has 0 unspecified atom stereocenters. The minimum Gasteiger partial charge on any atom is -0.400 e. The van der Waals surface area contributed by atoms with Crippen molar-refractivity contribution < 1.29 is 9.90 Å². The summed E-state index contributed by atoms with van der Waals surface area (Å²) < 4.78 is 0. The minimum atomic E-state index is -0.00134. The fraction of sp³-hybridized carbons (Fsp3) is 0.429. The highest BCUT2D eigenvalue weighted by Crippen LogP contribution is 2.31. The average molecular weight is 347 g/mol. The van der Waals surface area contributed by atoms with Crippen molar-refractivity contribution in [3.8, 4) is 0 Å². The SMILES string of the molecule is CC(C)(C)c1ccc(N(N)/C(=N\N)SCC=O)c(Cl)c1.CO. The monoisotopic (exact) mass is 346 g/mol. The number of amidine groups is 1. The van der Waals surface area contributed by atoms with Crippen molar-refractivity contribution in [2.45, 2.75) is 26.2 Å². The topological polar surface area (TPSA) is 105 Å². The number of carbonyl (C=O) groups is 1. The molecule has 22 heavy (non-hydrogen) atoms. The average Bonchev–Trinajstić information content (AvgIpc) is 2.48. The van der Waals surface area contributed by atoms with Gasteiger partial charge in [0.05, 0.1) is 16.5 Å². The molecule has 6 nitrogen and oxygen atoms in total. The number of thioether (sulfide) groups is 1. The maximum Gasteiger partial charge on any atom is 0.201 e. The summed E-state index contributed by atoms with van der Waals surface area (Å²) in [5.74, 6) is 11.5. The van der Waals surface area contributed by atoms with E-state index in [1.807, 2.05) is 18.2 Å². The Balaban J connectivity index is 0.00000211. The van der Waals surface area contributed by atoms with E-state index < -0.39 is 0 Å². The smallest absolute Gasteiger partial charge is 0.201 e. The zero-order chi connectivity index (χ0) is 17.3. The summed E-state index contributed by atoms with van der Waals surface area (Å²) in [6.07, 6.45) is 0.758. The van der Waals surface area contributed by atoms with Crippen LogP contribution in [0, 0.1) is 0 Å². The lowest BCUT2D eigenvalue weighted by molar-refractivity contribution is -0.105. The summed E-state index contributed by atoms with van der Waals surface area (Å²) in [5.41, 5.74) is 1.69. The molecule has 0 aliphatic rings. The highest BCUT2D eigenvalue weighted by molar-refractivity contribution is 8.14. The highest BCUT2D eigenvalue weighted by Gasteiger charge is 2.18. The van der Waals surface area contributed by atoms with Gasteiger partial charge in [-0.05, 0) is 23.1 Å². The second-order valence-corrected chi connectivity index (χ2v) is 6.57. The number of hydrogen-bond donors (Lipinski definition) is 3. The van der Waals surface area contributed by atoms with Gasteiger partial charge in [-0.1, -0.05) is 50.2 Å². The first-order valence-corrected chi connectivity index (χ1v) is 7.81. The Morgan fingerprint density at radius 3 is 2.45 bits per heavy atom. The lowest BCUT2D eigenvalue weighted by atomic mass is 9.87. The molecule has 0 bridgehead atoms. The first-order valence-electron chi connectivity index (χ1n) is 6.45. The molecule has 0 amide bonds. The Bertz CT molecular complexity index is 518. The van der Waals surface area contributed by atoms with Gasteiger partial charge in [0.2, 0.25) is 5.17 Å². The van der Waals surface area contributed by atoms with Crippen molar-refractivity contribution in [1.82, 2.24) is 0 Å². The normalized spacial score (nSPS) is 11.5. The Kier molecular flexibility index (Phi) is 9.12. The van der Waals surface area contributed by atoms with Crippen LogP contribution in [0.15, 0.2) is 23.3 Å². The van der Waals surface area contributed by atoms with Gasteiger partial charge in [-0.15, -0.1) is 0 Å². The van der Waals surface area contributed by atoms with Crippen molar-refractivity contribution in [3.05, 3.63) is 28.8 Å². The number of aliphatic hydroxyl groups excluding tert-OH is 1. The maximum atomic E-state index is 10.4. The zero-order valence-electron chi connectivity index (χ0n) is 13.2. The summed E-state index contributed by atoms with van der Waals surface area (Å²) in [6, 6.07) is 5.64. The van der Waals surface area contributed by atoms with Gasteiger partial charge in [0.15, 0.2) is 0 Å². The predicted molar refractivity (Wildman–Crippen MR) is 95.1 cm³/mol. The quantitative estimate of drug-likeness (QED) is 0.254. The van der Waals surface area contributed by atoms with Crippen LogP contribution in [0.1, 0.15) is 26.3 Å². The van der Waals surface area contributed by atoms with E-state index in [0.717, 1.165) is 30.7 Å². The molecule has 0 atom stereocenters. The third-order valence-electron chi connectivity index (χ3n) is 2.67. The molecule has 8 heteroatoms. The zero-order valence-corrected chi connectivity index (χ0v) is 14.8. The summed E-state index contributed by atoms with van der Waals surface area (Å²) in [7, 11) is 1.00. The largest absolute Gasteiger partial charge is 0.400 e. The summed E-state index contributed by atoms with van der Waals surface area (Å²) in [4.78, 5) is 10.4. The Morgan fingerprint density at radius 1 is 1.45 bits per heavy atom. The van der Waals surface area contributed by atoms with Crippen molar-refractivity contribution in [3.63, 3.8) is 0 Å². The molecular weight excluding hydrogens is 324 g/mol. The Labute approximate surface area is 140 Å². The van der Waals surface area contributed by atoms with Gasteiger partial charge < -0.3 is 15.7 Å². The number of anilines is 1. The lowest BCUT2D eigenvalue weighted by Gasteiger charge is -2.23. The molecule has 0 heterocycles. The van der Waals surface area contributed by atoms with E-state index in [1.54, 1.807) is 0 Å². The van der Waals surface area contributed by atoms with Gasteiger partial charge in [0.1, 0.15) is 6.29 Å². The first-order chi connectivity index (χ1) is 10.3. The third-order valence-corrected chi connectivity index (χ3v) is 3.84. The fourth-order valence-electron chi connectivity index (χ4n) is 1.55. The van der Waals surface area contributed by atoms with Crippen molar-refractivity contribution in [2.24, 2.45) is 16.8 Å². The molecule has 0 aliphatic carbocycles. The van der Waals surface area contributed by atoms with E-state index in [4.69, 9.17) is 28.4 Å². The van der Waals surface area contributed by atoms with Crippen LogP contribution in [0.25, 0.3) is 0 Å². The van der Waals surface area contributed by atoms with Gasteiger partial charge >= 0.3 is 0 Å². The number of hydrazine groups is 1. The number of halogens is 1. The second-order valence-electron chi connectivity index (χ2n) is 5.18. The molecule has 0 spiro atoms. The number of hydrogen-bond acceptors (Lipinski definition) is 6. The Hall–Kier alpha value is -1.28. The molecule has 0 fully saturated rings. The molecule has 0 aromatic heterocycles. The van der Waals surface area contributed by atoms with Crippen LogP contribution in [0.3, 0.4) is 0 Å². The minimum absolute atomic E-state index is 0.00134. The fourth-order valence-corrected chi connectivity index (χ4v) is 2.35. The van der Waals surface area contributed by atoms with Gasteiger partial charge in [-0.2, -0.15) is 5.10 Å². The first kappa shape index (κ1) is 20.7. The molecule has 5 N–H and O–H groups in total. The van der Waals surface area contributed by atoms with E-state index in [2.05, 4.69) is 25.9 Å². The number of benzene rings is 1. The van der Waals surface area contributed by atoms with Crippen molar-refractivity contribution in [1.29, 1.82) is 0 Å². The third kappa shape index (κ3) is 5.84. The summed E-state index contributed by atoms with van der Waals surface area (Å²) >= 11 is 7.41. The molecule has 124 valence electrons. The number of carbonyl (C=O) groups excluding carboxylic acids is 1. The van der Waals surface area contributed by atoms with Crippen LogP contribution in [-0.2, 0) is 10.2 Å². The molecular formula is C14H23ClN4O2S. The molecule has 0 aliphatic heterocycles. The molecule has 1 rings (SSSR count). The standard InChI is InChI=1S/C13H19ClN4OS.CH4O/c1-13(2,3)9-4-5-11(10(14)8-9)18(16)12(17-15)20-7-6-19;1-2/h4-6,8H,7,15-16H2,1-3H3;2H,1H3/b17-12+;. The van der Waals surface area contributed by atoms with Crippen LogP contribution in [0.4, 0.5) is 5.69 Å². The van der Waals surface area contributed by atoms with Crippen LogP contribution >= 0.6 is 23.4 Å². The second kappa shape index (κ2) is 9.68. The van der Waals surface area contributed by atoms with Gasteiger partial charge in [-0.3, -0.25) is 5.01 Å². The predicted octanol–water partition coefficient (Wildman–Crippen LogP) is 2.09. The lowest BCUT2D eigenvalue weighted by Crippen LogP contribution is -2.37. The molecule has 0 radical (unpaired) electrons. The van der Waals surface area contributed by atoms with E-state index in [0.29, 0.717) is 15.9 Å². The number of nitrogens with two attached hydrogens (primary N) is 2. The van der Waals surface area contributed by atoms with E-state index >= 15 is 0 Å². The van der Waals surface area contributed by atoms with Gasteiger partial charge in [-0.25, -0.2) is 5.84 Å². The van der Waals surface area contributed by atoms with Crippen LogP contribution in [0.5, 0.6) is 0 Å². The molecule has 1 aromatic rings. The summed E-state index contributed by atoms with van der Waals surface area (Å²) in [6.45, 7) is 6.31. The highest BCUT2D eigenvalue weighted by atomic mass is 35.5. The van der Waals surface area contributed by atoms with E-state index in [1.165, 1.54) is 5.01 Å². The number of rotatable bonds is 3. The van der Waals surface area contributed by atoms with Crippen LogP contribution < -0.4 is 16.7 Å². The summed E-state index contributed by atoms with van der Waals surface area (Å²) in [5, 5.41) is 12.7. The maximum absolute atomic E-state index is 10.4.